The number of carboxylic acid groups (broad SMARTS) is 1. The van der Waals surface area contributed by atoms with Gasteiger partial charge in [-0.3, -0.25) is 4.79 Å². The van der Waals surface area contributed by atoms with Crippen molar-refractivity contribution >= 4 is 12.1 Å². The van der Waals surface area contributed by atoms with Crippen LogP contribution in [0.15, 0.2) is 60.7 Å². The summed E-state index contributed by atoms with van der Waals surface area (Å²) in [6, 6.07) is 18.6. The van der Waals surface area contributed by atoms with E-state index in [1.54, 1.807) is 19.1 Å². The molecule has 1 aliphatic rings. The molecule has 9 heteroatoms. The van der Waals surface area contributed by atoms with Crippen LogP contribution in [0.3, 0.4) is 0 Å². The molecule has 0 saturated heterocycles. The predicted molar refractivity (Wildman–Crippen MR) is 142 cm³/mol. The fourth-order valence-corrected chi connectivity index (χ4v) is 4.60. The van der Waals surface area contributed by atoms with E-state index in [0.29, 0.717) is 22.8 Å². The highest BCUT2D eigenvalue weighted by Gasteiger charge is 2.29. The number of benzene rings is 3. The summed E-state index contributed by atoms with van der Waals surface area (Å²) in [5.74, 6) is -0.245. The zero-order valence-corrected chi connectivity index (χ0v) is 21.6. The summed E-state index contributed by atoms with van der Waals surface area (Å²) < 4.78 is 22.4. The Bertz CT molecular complexity index is 1240. The van der Waals surface area contributed by atoms with Crippen molar-refractivity contribution in [2.45, 2.75) is 25.4 Å². The van der Waals surface area contributed by atoms with E-state index < -0.39 is 24.0 Å². The molecular formula is C29H32N2O7. The molecule has 0 spiro atoms. The van der Waals surface area contributed by atoms with Crippen LogP contribution >= 0.6 is 0 Å². The van der Waals surface area contributed by atoms with Gasteiger partial charge in [-0.15, -0.1) is 0 Å². The highest BCUT2D eigenvalue weighted by Crippen LogP contribution is 2.44. The molecule has 2 atom stereocenters. The molecule has 3 aromatic carbocycles. The first-order valence-electron chi connectivity index (χ1n) is 12.3. The van der Waals surface area contributed by atoms with Gasteiger partial charge in [0.05, 0.1) is 32.9 Å². The Morgan fingerprint density at radius 2 is 1.53 bits per heavy atom. The number of aliphatic carboxylic acids is 1. The number of hydrogen-bond donors (Lipinski definition) is 3. The van der Waals surface area contributed by atoms with Gasteiger partial charge in [-0.2, -0.15) is 0 Å². The third-order valence-electron chi connectivity index (χ3n) is 6.75. The lowest BCUT2D eigenvalue weighted by molar-refractivity contribution is -0.140. The molecule has 4 N–H and O–H groups in total. The van der Waals surface area contributed by atoms with Gasteiger partial charge in [-0.25, -0.2) is 4.79 Å². The van der Waals surface area contributed by atoms with Crippen LogP contribution in [0.1, 0.15) is 29.5 Å². The first-order chi connectivity index (χ1) is 18.3. The average molecular weight is 521 g/mol. The third kappa shape index (κ3) is 5.68. The van der Waals surface area contributed by atoms with Crippen molar-refractivity contribution < 1.29 is 33.6 Å². The Kier molecular flexibility index (Phi) is 8.38. The molecule has 9 nitrogen and oxygen atoms in total. The molecule has 3 aromatic rings. The van der Waals surface area contributed by atoms with E-state index in [1.807, 2.05) is 24.3 Å². The maximum Gasteiger partial charge on any atom is 0.407 e. The topological polar surface area (TPSA) is 129 Å². The molecule has 0 fully saturated rings. The molecule has 0 saturated carbocycles. The van der Waals surface area contributed by atoms with Gasteiger partial charge in [0, 0.05) is 24.0 Å². The number of amides is 1. The smallest absolute Gasteiger partial charge is 0.407 e. The van der Waals surface area contributed by atoms with Crippen LogP contribution < -0.4 is 25.3 Å². The molecule has 0 bridgehead atoms. The van der Waals surface area contributed by atoms with Crippen molar-refractivity contribution in [2.75, 3.05) is 27.4 Å². The normalized spacial score (nSPS) is 13.6. The molecule has 4 rings (SSSR count). The first-order valence-corrected chi connectivity index (χ1v) is 12.3. The number of nitrogens with one attached hydrogen (secondary N) is 1. The van der Waals surface area contributed by atoms with Gasteiger partial charge in [-0.1, -0.05) is 55.5 Å². The van der Waals surface area contributed by atoms with Gasteiger partial charge in [0.2, 0.25) is 0 Å². The molecule has 1 amide bonds. The largest absolute Gasteiger partial charge is 0.496 e. The van der Waals surface area contributed by atoms with Crippen LogP contribution in [0.5, 0.6) is 17.2 Å². The average Bonchev–Trinajstić information content (AvgIpc) is 3.26. The van der Waals surface area contributed by atoms with Gasteiger partial charge in [0.15, 0.2) is 0 Å². The van der Waals surface area contributed by atoms with E-state index in [-0.39, 0.29) is 25.7 Å². The van der Waals surface area contributed by atoms with E-state index in [2.05, 4.69) is 29.6 Å². The van der Waals surface area contributed by atoms with Gasteiger partial charge in [0.1, 0.15) is 29.9 Å². The van der Waals surface area contributed by atoms with Gasteiger partial charge >= 0.3 is 12.1 Å². The zero-order valence-electron chi connectivity index (χ0n) is 21.6. The van der Waals surface area contributed by atoms with E-state index in [0.717, 1.165) is 22.3 Å². The fraction of sp³-hybridized carbons (Fsp3) is 0.310. The van der Waals surface area contributed by atoms with Crippen LogP contribution in [0.2, 0.25) is 0 Å². The van der Waals surface area contributed by atoms with Gasteiger partial charge < -0.3 is 35.1 Å². The summed E-state index contributed by atoms with van der Waals surface area (Å²) in [7, 11) is 3.00. The van der Waals surface area contributed by atoms with Crippen LogP contribution in [-0.2, 0) is 16.1 Å². The van der Waals surface area contributed by atoms with Crippen molar-refractivity contribution in [2.24, 2.45) is 11.7 Å². The Labute approximate surface area is 221 Å². The number of methoxy groups -OCH3 is 2. The van der Waals surface area contributed by atoms with E-state index in [9.17, 15) is 9.59 Å². The van der Waals surface area contributed by atoms with Crippen molar-refractivity contribution in [3.63, 3.8) is 0 Å². The molecule has 0 aromatic heterocycles. The van der Waals surface area contributed by atoms with Gasteiger partial charge in [-0.05, 0) is 22.3 Å². The maximum atomic E-state index is 12.7. The lowest BCUT2D eigenvalue weighted by atomic mass is 9.98. The number of carboxylic acids is 1. The number of alkyl carbamates (subject to hydrolysis) is 1. The summed E-state index contributed by atoms with van der Waals surface area (Å²) in [5.41, 5.74) is 10.9. The van der Waals surface area contributed by atoms with Crippen molar-refractivity contribution in [3.05, 3.63) is 77.4 Å². The zero-order chi connectivity index (χ0) is 27.2. The highest BCUT2D eigenvalue weighted by molar-refractivity contribution is 5.79. The second-order valence-corrected chi connectivity index (χ2v) is 9.14. The molecule has 38 heavy (non-hydrogen) atoms. The summed E-state index contributed by atoms with van der Waals surface area (Å²) in [6.45, 7) is 2.10. The van der Waals surface area contributed by atoms with Crippen molar-refractivity contribution in [3.8, 4) is 28.4 Å². The number of nitrogens with two attached hydrogens (primary N) is 1. The lowest BCUT2D eigenvalue weighted by Gasteiger charge is -2.19. The van der Waals surface area contributed by atoms with Crippen LogP contribution in [-0.4, -0.2) is 50.6 Å². The summed E-state index contributed by atoms with van der Waals surface area (Å²) in [5, 5.41) is 11.8. The third-order valence-corrected chi connectivity index (χ3v) is 6.75. The molecule has 200 valence electrons. The molecule has 1 aliphatic carbocycles. The number of carbonyl (C=O) groups is 2. The van der Waals surface area contributed by atoms with E-state index in [1.165, 1.54) is 14.2 Å². The standard InChI is InChI=1S/C29H32N2O7/c1-17(27(30)28(32)33)15-37-18-12-25(35-2)23(26(13-18)36-3)14-31-29(34)38-16-24-21-10-6-4-8-19(21)20-9-5-7-11-22(20)24/h4-13,17,24,27H,14-16,30H2,1-3H3,(H,31,34)(H,32,33). The van der Waals surface area contributed by atoms with E-state index in [4.69, 9.17) is 29.8 Å². The monoisotopic (exact) mass is 520 g/mol. The van der Waals surface area contributed by atoms with Crippen molar-refractivity contribution in [1.29, 1.82) is 0 Å². The molecular weight excluding hydrogens is 488 g/mol. The lowest BCUT2D eigenvalue weighted by Crippen LogP contribution is -2.39. The fourth-order valence-electron chi connectivity index (χ4n) is 4.60. The quantitative estimate of drug-likeness (QED) is 0.344. The summed E-state index contributed by atoms with van der Waals surface area (Å²) in [6.07, 6.45) is -0.562. The molecule has 0 aliphatic heterocycles. The van der Waals surface area contributed by atoms with E-state index >= 15 is 0 Å². The minimum atomic E-state index is -1.09. The maximum absolute atomic E-state index is 12.7. The Morgan fingerprint density at radius 3 is 2.05 bits per heavy atom. The Balaban J connectivity index is 1.39. The number of fused-ring (bicyclic) bond motifs is 3. The second-order valence-electron chi connectivity index (χ2n) is 9.14. The Morgan fingerprint density at radius 1 is 0.974 bits per heavy atom. The number of hydrogen-bond acceptors (Lipinski definition) is 7. The van der Waals surface area contributed by atoms with Gasteiger partial charge in [0.25, 0.3) is 0 Å². The predicted octanol–water partition coefficient (Wildman–Crippen LogP) is 4.17. The van der Waals surface area contributed by atoms with Crippen LogP contribution in [0.25, 0.3) is 11.1 Å². The Hall–Kier alpha value is -4.24. The summed E-state index contributed by atoms with van der Waals surface area (Å²) >= 11 is 0. The van der Waals surface area contributed by atoms with Crippen molar-refractivity contribution in [1.82, 2.24) is 5.32 Å². The second kappa shape index (κ2) is 11.9. The van der Waals surface area contributed by atoms with Crippen LogP contribution in [0, 0.1) is 5.92 Å². The molecule has 0 radical (unpaired) electrons. The highest BCUT2D eigenvalue weighted by atomic mass is 16.5. The number of ether oxygens (including phenoxy) is 4. The van der Waals surface area contributed by atoms with Crippen LogP contribution in [0.4, 0.5) is 4.79 Å². The minimum Gasteiger partial charge on any atom is -0.496 e. The SMILES string of the molecule is COc1cc(OCC(C)C(N)C(=O)O)cc(OC)c1CNC(=O)OCC1c2ccccc2-c2ccccc21. The summed E-state index contributed by atoms with van der Waals surface area (Å²) in [4.78, 5) is 23.7. The minimum absolute atomic E-state index is 0.0368. The number of rotatable bonds is 11. The first kappa shape index (κ1) is 26.8. The molecule has 2 unspecified atom stereocenters. The number of carbonyl (C=O) groups excluding carboxylic acids is 1. The molecule has 0 heterocycles.